The zero-order chi connectivity index (χ0) is 9.68. The minimum atomic E-state index is 0.527. The molecule has 1 atom stereocenters. The van der Waals surface area contributed by atoms with Crippen LogP contribution in [-0.4, -0.2) is 13.1 Å². The maximum absolute atomic E-state index is 5.90. The molecule has 13 heavy (non-hydrogen) atoms. The topological polar surface area (TPSA) is 12.0 Å². The van der Waals surface area contributed by atoms with Gasteiger partial charge in [-0.2, -0.15) is 0 Å². The predicted octanol–water partition coefficient (Wildman–Crippen LogP) is 3.05. The number of halogens is 1. The van der Waals surface area contributed by atoms with E-state index in [9.17, 15) is 0 Å². The maximum atomic E-state index is 5.90. The molecule has 1 rings (SSSR count). The lowest BCUT2D eigenvalue weighted by atomic mass is 10.0. The molecular formula is C11H16ClN. The van der Waals surface area contributed by atoms with Crippen LogP contribution in [0.2, 0.25) is 5.02 Å². The molecule has 0 aromatic heterocycles. The maximum Gasteiger partial charge on any atom is 0.0408 e. The molecule has 1 aromatic carbocycles. The van der Waals surface area contributed by atoms with E-state index in [2.05, 4.69) is 25.2 Å². The Kier molecular flexibility index (Phi) is 4.26. The third-order valence-electron chi connectivity index (χ3n) is 2.12. The Morgan fingerprint density at radius 3 is 2.85 bits per heavy atom. The van der Waals surface area contributed by atoms with Crippen molar-refractivity contribution in [2.45, 2.75) is 19.8 Å². The van der Waals surface area contributed by atoms with Crippen molar-refractivity contribution < 1.29 is 0 Å². The van der Waals surface area contributed by atoms with Crippen LogP contribution in [0.25, 0.3) is 0 Å². The van der Waals surface area contributed by atoms with Gasteiger partial charge in [0.1, 0.15) is 0 Å². The summed E-state index contributed by atoms with van der Waals surface area (Å²) in [5, 5.41) is 4.14. The van der Waals surface area contributed by atoms with Gasteiger partial charge in [-0.15, -0.1) is 0 Å². The molecular weight excluding hydrogens is 182 g/mol. The molecule has 0 fully saturated rings. The van der Waals surface area contributed by atoms with Crippen LogP contribution >= 0.6 is 11.6 Å². The number of benzene rings is 1. The van der Waals surface area contributed by atoms with Gasteiger partial charge in [0.2, 0.25) is 0 Å². The number of likely N-dealkylation sites (N-methyl/N-ethyl adjacent to an activating group) is 1. The molecule has 0 radical (unpaired) electrons. The summed E-state index contributed by atoms with van der Waals surface area (Å²) in [6, 6.07) is 8.06. The molecule has 0 bridgehead atoms. The number of hydrogen-bond donors (Lipinski definition) is 1. The van der Waals surface area contributed by atoms with Crippen LogP contribution in [0.15, 0.2) is 24.3 Å². The zero-order valence-electron chi connectivity index (χ0n) is 8.18. The number of rotatable bonds is 4. The molecule has 0 aliphatic carbocycles. The third kappa shape index (κ3) is 3.37. The van der Waals surface area contributed by atoms with Crippen molar-refractivity contribution in [3.05, 3.63) is 34.9 Å². The second-order valence-corrected chi connectivity index (χ2v) is 3.70. The Labute approximate surface area is 85.1 Å². The van der Waals surface area contributed by atoms with Crippen molar-refractivity contribution in [2.75, 3.05) is 13.1 Å². The molecule has 1 nitrogen and oxygen atoms in total. The molecule has 0 aliphatic rings. The zero-order valence-corrected chi connectivity index (χ0v) is 8.93. The van der Waals surface area contributed by atoms with Gasteiger partial charge in [0.05, 0.1) is 0 Å². The molecule has 1 aromatic rings. The molecule has 0 saturated carbocycles. The quantitative estimate of drug-likeness (QED) is 0.783. The molecule has 0 heterocycles. The molecule has 1 unspecified atom stereocenters. The first-order valence-electron chi connectivity index (χ1n) is 4.70. The first-order valence-corrected chi connectivity index (χ1v) is 5.08. The minimum absolute atomic E-state index is 0.527. The molecule has 0 spiro atoms. The van der Waals surface area contributed by atoms with E-state index in [0.29, 0.717) is 5.92 Å². The van der Waals surface area contributed by atoms with Crippen LogP contribution in [0.1, 0.15) is 25.3 Å². The lowest BCUT2D eigenvalue weighted by Gasteiger charge is -2.12. The fourth-order valence-corrected chi connectivity index (χ4v) is 1.49. The van der Waals surface area contributed by atoms with Crippen molar-refractivity contribution in [3.8, 4) is 0 Å². The van der Waals surface area contributed by atoms with Gasteiger partial charge in [0.15, 0.2) is 0 Å². The standard InChI is InChI=1S/C11H16ClN/c1-3-13-8-9(2)10-5-4-6-11(12)7-10/h4-7,9,13H,3,8H2,1-2H3. The lowest BCUT2D eigenvalue weighted by molar-refractivity contribution is 0.635. The Morgan fingerprint density at radius 2 is 2.23 bits per heavy atom. The smallest absolute Gasteiger partial charge is 0.0408 e. The molecule has 1 N–H and O–H groups in total. The highest BCUT2D eigenvalue weighted by molar-refractivity contribution is 6.30. The second-order valence-electron chi connectivity index (χ2n) is 3.26. The summed E-state index contributed by atoms with van der Waals surface area (Å²) in [5.74, 6) is 0.527. The van der Waals surface area contributed by atoms with Gasteiger partial charge in [0, 0.05) is 11.6 Å². The van der Waals surface area contributed by atoms with Crippen molar-refractivity contribution in [2.24, 2.45) is 0 Å². The summed E-state index contributed by atoms with van der Waals surface area (Å²) in [6.07, 6.45) is 0. The summed E-state index contributed by atoms with van der Waals surface area (Å²) >= 11 is 5.90. The van der Waals surface area contributed by atoms with Gasteiger partial charge in [-0.3, -0.25) is 0 Å². The van der Waals surface area contributed by atoms with Crippen LogP contribution in [-0.2, 0) is 0 Å². The summed E-state index contributed by atoms with van der Waals surface area (Å²) in [6.45, 7) is 6.35. The highest BCUT2D eigenvalue weighted by Gasteiger charge is 2.03. The molecule has 2 heteroatoms. The van der Waals surface area contributed by atoms with Crippen LogP contribution in [0.3, 0.4) is 0 Å². The van der Waals surface area contributed by atoms with Gasteiger partial charge in [-0.05, 0) is 30.2 Å². The predicted molar refractivity (Wildman–Crippen MR) is 58.4 cm³/mol. The summed E-state index contributed by atoms with van der Waals surface area (Å²) in [5.41, 5.74) is 1.30. The molecule has 0 saturated heterocycles. The first kappa shape index (κ1) is 10.6. The van der Waals surface area contributed by atoms with E-state index in [4.69, 9.17) is 11.6 Å². The summed E-state index contributed by atoms with van der Waals surface area (Å²) in [7, 11) is 0. The van der Waals surface area contributed by atoms with Crippen molar-refractivity contribution in [1.82, 2.24) is 5.32 Å². The Balaban J connectivity index is 2.60. The van der Waals surface area contributed by atoms with Gasteiger partial charge in [-0.1, -0.05) is 37.6 Å². The second kappa shape index (κ2) is 5.25. The van der Waals surface area contributed by atoms with E-state index >= 15 is 0 Å². The number of hydrogen-bond acceptors (Lipinski definition) is 1. The van der Waals surface area contributed by atoms with E-state index in [0.717, 1.165) is 18.1 Å². The fourth-order valence-electron chi connectivity index (χ4n) is 1.29. The summed E-state index contributed by atoms with van der Waals surface area (Å²) in [4.78, 5) is 0. The minimum Gasteiger partial charge on any atom is -0.316 e. The molecule has 0 aliphatic heterocycles. The van der Waals surface area contributed by atoms with E-state index in [1.54, 1.807) is 0 Å². The normalized spacial score (nSPS) is 12.8. The van der Waals surface area contributed by atoms with E-state index in [1.807, 2.05) is 18.2 Å². The summed E-state index contributed by atoms with van der Waals surface area (Å²) < 4.78 is 0. The highest BCUT2D eigenvalue weighted by Crippen LogP contribution is 2.18. The first-order chi connectivity index (χ1) is 6.24. The largest absolute Gasteiger partial charge is 0.316 e. The average molecular weight is 198 g/mol. The average Bonchev–Trinajstić information content (AvgIpc) is 2.14. The Morgan fingerprint density at radius 1 is 1.46 bits per heavy atom. The third-order valence-corrected chi connectivity index (χ3v) is 2.35. The SMILES string of the molecule is CCNCC(C)c1cccc(Cl)c1. The van der Waals surface area contributed by atoms with E-state index < -0.39 is 0 Å². The fraction of sp³-hybridized carbons (Fsp3) is 0.455. The molecule has 72 valence electrons. The number of nitrogens with one attached hydrogen (secondary N) is 1. The molecule has 0 amide bonds. The van der Waals surface area contributed by atoms with Gasteiger partial charge in [-0.25, -0.2) is 0 Å². The Hall–Kier alpha value is -0.530. The van der Waals surface area contributed by atoms with Gasteiger partial charge >= 0.3 is 0 Å². The van der Waals surface area contributed by atoms with Crippen LogP contribution in [0.5, 0.6) is 0 Å². The van der Waals surface area contributed by atoms with Crippen LogP contribution in [0, 0.1) is 0 Å². The van der Waals surface area contributed by atoms with Crippen LogP contribution in [0.4, 0.5) is 0 Å². The van der Waals surface area contributed by atoms with Crippen molar-refractivity contribution in [3.63, 3.8) is 0 Å². The van der Waals surface area contributed by atoms with Crippen LogP contribution < -0.4 is 5.32 Å². The van der Waals surface area contributed by atoms with E-state index in [1.165, 1.54) is 5.56 Å². The van der Waals surface area contributed by atoms with Gasteiger partial charge in [0.25, 0.3) is 0 Å². The van der Waals surface area contributed by atoms with Crippen molar-refractivity contribution >= 4 is 11.6 Å². The van der Waals surface area contributed by atoms with Gasteiger partial charge < -0.3 is 5.32 Å². The van der Waals surface area contributed by atoms with Crippen molar-refractivity contribution in [1.29, 1.82) is 0 Å². The Bertz CT molecular complexity index is 260. The monoisotopic (exact) mass is 197 g/mol. The van der Waals surface area contributed by atoms with E-state index in [-0.39, 0.29) is 0 Å². The highest BCUT2D eigenvalue weighted by atomic mass is 35.5. The lowest BCUT2D eigenvalue weighted by Crippen LogP contribution is -2.19.